The second-order valence-corrected chi connectivity index (χ2v) is 7.99. The Morgan fingerprint density at radius 2 is 1.59 bits per heavy atom. The van der Waals surface area contributed by atoms with Crippen LogP contribution < -0.4 is 10.1 Å². The second kappa shape index (κ2) is 7.72. The Bertz CT molecular complexity index is 1090. The van der Waals surface area contributed by atoms with Crippen molar-refractivity contribution < 1.29 is 4.74 Å². The topological polar surface area (TPSA) is 34.1 Å². The van der Waals surface area contributed by atoms with Crippen molar-refractivity contribution in [2.45, 2.75) is 12.5 Å². The van der Waals surface area contributed by atoms with E-state index in [1.807, 2.05) is 18.2 Å². The third-order valence-electron chi connectivity index (χ3n) is 5.20. The maximum Gasteiger partial charge on any atom is 0.223 e. The van der Waals surface area contributed by atoms with Gasteiger partial charge in [0.05, 0.1) is 0 Å². The van der Waals surface area contributed by atoms with Crippen molar-refractivity contribution in [2.24, 2.45) is 0 Å². The fourth-order valence-corrected chi connectivity index (χ4v) is 4.02. The van der Waals surface area contributed by atoms with Crippen LogP contribution in [-0.2, 0) is 6.54 Å². The smallest absolute Gasteiger partial charge is 0.223 e. The van der Waals surface area contributed by atoms with Gasteiger partial charge in [-0.2, -0.15) is 0 Å². The van der Waals surface area contributed by atoms with Crippen LogP contribution in [0.15, 0.2) is 95.6 Å². The summed E-state index contributed by atoms with van der Waals surface area (Å²) in [5.74, 6) is 1.68. The Morgan fingerprint density at radius 3 is 2.41 bits per heavy atom. The molecule has 4 heteroatoms. The zero-order valence-electron chi connectivity index (χ0n) is 15.7. The number of para-hydroxylation sites is 1. The van der Waals surface area contributed by atoms with Crippen LogP contribution in [0.1, 0.15) is 28.2 Å². The molecule has 142 valence electrons. The lowest BCUT2D eigenvalue weighted by Crippen LogP contribution is -2.12. The van der Waals surface area contributed by atoms with E-state index in [2.05, 4.69) is 93.0 Å². The van der Waals surface area contributed by atoms with Crippen molar-refractivity contribution in [3.8, 4) is 11.6 Å². The van der Waals surface area contributed by atoms with E-state index >= 15 is 0 Å². The number of nitrogens with zero attached hydrogens (tertiary/aromatic N) is 1. The summed E-state index contributed by atoms with van der Waals surface area (Å²) < 4.78 is 7.12. The second-order valence-electron chi connectivity index (χ2n) is 7.07. The molecule has 0 saturated carbocycles. The van der Waals surface area contributed by atoms with Gasteiger partial charge in [0, 0.05) is 39.9 Å². The van der Waals surface area contributed by atoms with E-state index in [9.17, 15) is 0 Å². The van der Waals surface area contributed by atoms with Crippen LogP contribution in [0.5, 0.6) is 11.6 Å². The Morgan fingerprint density at radius 1 is 0.828 bits per heavy atom. The van der Waals surface area contributed by atoms with Gasteiger partial charge in [-0.25, -0.2) is 4.98 Å². The molecule has 0 spiro atoms. The molecule has 29 heavy (non-hydrogen) atoms. The van der Waals surface area contributed by atoms with Crippen molar-refractivity contribution in [3.63, 3.8) is 0 Å². The predicted octanol–water partition coefficient (Wildman–Crippen LogP) is 6.74. The van der Waals surface area contributed by atoms with Gasteiger partial charge in [-0.05, 0) is 47.5 Å². The lowest BCUT2D eigenvalue weighted by molar-refractivity contribution is 0.434. The maximum absolute atomic E-state index is 6.02. The number of rotatable bonds is 4. The van der Waals surface area contributed by atoms with E-state index < -0.39 is 0 Å². The summed E-state index contributed by atoms with van der Waals surface area (Å²) in [6, 6.07) is 29.3. The summed E-state index contributed by atoms with van der Waals surface area (Å²) in [4.78, 5) is 4.44. The van der Waals surface area contributed by atoms with Crippen LogP contribution in [0.4, 0.5) is 5.69 Å². The number of hydrogen-bond acceptors (Lipinski definition) is 3. The number of hydrogen-bond donors (Lipinski definition) is 1. The molecule has 1 atom stereocenters. The van der Waals surface area contributed by atoms with Crippen LogP contribution in [-0.4, -0.2) is 4.98 Å². The standard InChI is InChI=1S/C25H19BrN2O/c26-19-11-7-17(8-12-19)16-28-20-13-9-18(10-14-20)24-21-4-1-2-6-23(21)29-25-22(24)5-3-15-27-25/h1-15,24,28H,16H2. The van der Waals surface area contributed by atoms with E-state index in [0.717, 1.165) is 28.0 Å². The first-order chi connectivity index (χ1) is 14.3. The highest BCUT2D eigenvalue weighted by molar-refractivity contribution is 9.10. The van der Waals surface area contributed by atoms with Crippen molar-refractivity contribution in [2.75, 3.05) is 5.32 Å². The summed E-state index contributed by atoms with van der Waals surface area (Å²) >= 11 is 3.48. The summed E-state index contributed by atoms with van der Waals surface area (Å²) in [6.45, 7) is 0.791. The highest BCUT2D eigenvalue weighted by Crippen LogP contribution is 2.46. The molecule has 0 fully saturated rings. The summed E-state index contributed by atoms with van der Waals surface area (Å²) in [5.41, 5.74) is 5.84. The first-order valence-electron chi connectivity index (χ1n) is 9.58. The van der Waals surface area contributed by atoms with Crippen LogP contribution in [0.2, 0.25) is 0 Å². The molecule has 3 nitrogen and oxygen atoms in total. The van der Waals surface area contributed by atoms with E-state index in [4.69, 9.17) is 4.74 Å². The summed E-state index contributed by atoms with van der Waals surface area (Å²) in [5, 5.41) is 3.50. The number of fused-ring (bicyclic) bond motifs is 2. The number of ether oxygens (including phenoxy) is 1. The minimum atomic E-state index is 0.115. The van der Waals surface area contributed by atoms with Crippen molar-refractivity contribution in [1.82, 2.24) is 4.98 Å². The third-order valence-corrected chi connectivity index (χ3v) is 5.73. The zero-order chi connectivity index (χ0) is 19.6. The van der Waals surface area contributed by atoms with Gasteiger partial charge in [0.25, 0.3) is 0 Å². The number of halogens is 1. The molecular weight excluding hydrogens is 424 g/mol. The fourth-order valence-electron chi connectivity index (χ4n) is 3.75. The van der Waals surface area contributed by atoms with Crippen molar-refractivity contribution in [1.29, 1.82) is 0 Å². The van der Waals surface area contributed by atoms with Crippen LogP contribution in [0.3, 0.4) is 0 Å². The maximum atomic E-state index is 6.02. The van der Waals surface area contributed by atoms with Gasteiger partial charge in [0.2, 0.25) is 5.88 Å². The Labute approximate surface area is 178 Å². The van der Waals surface area contributed by atoms with Crippen LogP contribution in [0.25, 0.3) is 0 Å². The molecule has 2 heterocycles. The number of benzene rings is 3. The molecule has 1 aliphatic rings. The molecule has 1 aromatic heterocycles. The molecule has 0 aliphatic carbocycles. The van der Waals surface area contributed by atoms with Crippen LogP contribution in [0, 0.1) is 0 Å². The van der Waals surface area contributed by atoms with Gasteiger partial charge in [0.1, 0.15) is 5.75 Å². The first kappa shape index (κ1) is 18.0. The fraction of sp³-hybridized carbons (Fsp3) is 0.0800. The molecule has 0 bridgehead atoms. The largest absolute Gasteiger partial charge is 0.438 e. The van der Waals surface area contributed by atoms with E-state index in [-0.39, 0.29) is 5.92 Å². The zero-order valence-corrected chi connectivity index (χ0v) is 17.3. The molecule has 0 radical (unpaired) electrons. The minimum Gasteiger partial charge on any atom is -0.438 e. The third kappa shape index (κ3) is 3.64. The Hall–Kier alpha value is -3.11. The van der Waals surface area contributed by atoms with Gasteiger partial charge in [-0.15, -0.1) is 0 Å². The van der Waals surface area contributed by atoms with E-state index in [1.165, 1.54) is 16.7 Å². The van der Waals surface area contributed by atoms with Gasteiger partial charge < -0.3 is 10.1 Å². The lowest BCUT2D eigenvalue weighted by atomic mass is 9.84. The first-order valence-corrected chi connectivity index (χ1v) is 10.4. The average molecular weight is 443 g/mol. The SMILES string of the molecule is Brc1ccc(CNc2ccc(C3c4ccccc4Oc4ncccc43)cc2)cc1. The summed E-state index contributed by atoms with van der Waals surface area (Å²) in [7, 11) is 0. The Balaban J connectivity index is 1.42. The van der Waals surface area contributed by atoms with E-state index in [1.54, 1.807) is 6.20 Å². The Kier molecular flexibility index (Phi) is 4.78. The number of nitrogens with one attached hydrogen (secondary N) is 1. The number of anilines is 1. The number of aromatic nitrogens is 1. The molecule has 3 aromatic carbocycles. The molecule has 0 amide bonds. The van der Waals surface area contributed by atoms with Gasteiger partial charge in [-0.1, -0.05) is 64.5 Å². The molecule has 1 N–H and O–H groups in total. The van der Waals surface area contributed by atoms with Crippen molar-refractivity contribution in [3.05, 3.63) is 118 Å². The molecule has 0 saturated heterocycles. The molecule has 4 aromatic rings. The average Bonchev–Trinajstić information content (AvgIpc) is 2.77. The normalized spacial score (nSPS) is 14.4. The number of pyridine rings is 1. The molecule has 1 unspecified atom stereocenters. The van der Waals surface area contributed by atoms with Gasteiger partial charge >= 0.3 is 0 Å². The summed E-state index contributed by atoms with van der Waals surface area (Å²) in [6.07, 6.45) is 1.78. The highest BCUT2D eigenvalue weighted by Gasteiger charge is 2.28. The lowest BCUT2D eigenvalue weighted by Gasteiger charge is -2.27. The quantitative estimate of drug-likeness (QED) is 0.334. The van der Waals surface area contributed by atoms with Gasteiger partial charge in [-0.3, -0.25) is 0 Å². The van der Waals surface area contributed by atoms with Crippen LogP contribution >= 0.6 is 15.9 Å². The van der Waals surface area contributed by atoms with E-state index in [0.29, 0.717) is 5.88 Å². The molecule has 1 aliphatic heterocycles. The minimum absolute atomic E-state index is 0.115. The molecule has 5 rings (SSSR count). The van der Waals surface area contributed by atoms with Gasteiger partial charge in [0.15, 0.2) is 0 Å². The highest BCUT2D eigenvalue weighted by atomic mass is 79.9. The van der Waals surface area contributed by atoms with Crippen molar-refractivity contribution >= 4 is 21.6 Å². The monoisotopic (exact) mass is 442 g/mol. The predicted molar refractivity (Wildman–Crippen MR) is 120 cm³/mol. The molecular formula is C25H19BrN2O.